The fourth-order valence-corrected chi connectivity index (χ4v) is 3.82. The van der Waals surface area contributed by atoms with Gasteiger partial charge in [-0.3, -0.25) is 0 Å². The average molecular weight is 473 g/mol. The Kier molecular flexibility index (Phi) is 8.15. The van der Waals surface area contributed by atoms with Crippen LogP contribution < -0.4 is 10.2 Å². The topological polar surface area (TPSA) is 18.3 Å². The van der Waals surface area contributed by atoms with Gasteiger partial charge in [-0.25, -0.2) is 4.58 Å². The van der Waals surface area contributed by atoms with E-state index in [1.54, 1.807) is 0 Å². The van der Waals surface area contributed by atoms with E-state index in [9.17, 15) is 0 Å². The van der Waals surface area contributed by atoms with Crippen molar-refractivity contribution in [1.82, 2.24) is 0 Å². The summed E-state index contributed by atoms with van der Waals surface area (Å²) in [6.07, 6.45) is 17.3. The van der Waals surface area contributed by atoms with E-state index < -0.39 is 0 Å². The van der Waals surface area contributed by atoms with E-state index >= 15 is 0 Å². The quantitative estimate of drug-likeness (QED) is 0.286. The molecule has 180 valence electrons. The minimum absolute atomic E-state index is 1.07. The first-order chi connectivity index (χ1) is 17.5. The van der Waals surface area contributed by atoms with Crippen LogP contribution in [0, 0.1) is 0 Å². The summed E-state index contributed by atoms with van der Waals surface area (Å²) in [5, 5.41) is 3.46. The van der Waals surface area contributed by atoms with E-state index in [2.05, 4.69) is 152 Å². The van der Waals surface area contributed by atoms with Gasteiger partial charge in [-0.1, -0.05) is 66.8 Å². The van der Waals surface area contributed by atoms with Crippen molar-refractivity contribution < 1.29 is 4.58 Å². The molecule has 3 aromatic carbocycles. The summed E-state index contributed by atoms with van der Waals surface area (Å²) in [6, 6.07) is 27.4. The lowest BCUT2D eigenvalue weighted by atomic mass is 10.0. The number of hydrogen-bond donors (Lipinski definition) is 1. The molecule has 3 heteroatoms. The zero-order chi connectivity index (χ0) is 25.3. The third kappa shape index (κ3) is 6.83. The van der Waals surface area contributed by atoms with Crippen LogP contribution >= 0.6 is 0 Å². The molecule has 0 bridgehead atoms. The number of hydrogen-bond acceptors (Lipinski definition) is 2. The summed E-state index contributed by atoms with van der Waals surface area (Å²) >= 11 is 0. The number of rotatable bonds is 7. The van der Waals surface area contributed by atoms with Gasteiger partial charge in [0.15, 0.2) is 5.71 Å². The Morgan fingerprint density at radius 2 is 1.39 bits per heavy atom. The van der Waals surface area contributed by atoms with Crippen LogP contribution in [0.2, 0.25) is 0 Å². The smallest absolute Gasteiger partial charge is 0.199 e. The number of benzene rings is 3. The molecule has 0 heterocycles. The van der Waals surface area contributed by atoms with Gasteiger partial charge < -0.3 is 10.2 Å². The molecule has 4 rings (SSSR count). The maximum atomic E-state index is 3.46. The SMILES string of the molecule is CN(C)c1ccc(/C=C/C(=C/C=C2C=CC(=[N+](C)C)C=C2)c2ccc(Nc3ccccc3)cc2)cc1. The molecule has 0 saturated heterocycles. The summed E-state index contributed by atoms with van der Waals surface area (Å²) in [4.78, 5) is 2.11. The molecule has 36 heavy (non-hydrogen) atoms. The summed E-state index contributed by atoms with van der Waals surface area (Å²) in [7, 11) is 8.23. The molecule has 0 aliphatic heterocycles. The van der Waals surface area contributed by atoms with Crippen molar-refractivity contribution in [3.8, 4) is 0 Å². The molecule has 0 radical (unpaired) electrons. The number of nitrogens with one attached hydrogen (secondary N) is 1. The van der Waals surface area contributed by atoms with Crippen LogP contribution in [-0.4, -0.2) is 38.5 Å². The molecule has 3 nitrogen and oxygen atoms in total. The lowest BCUT2D eigenvalue weighted by Gasteiger charge is -2.12. The Bertz CT molecular complexity index is 1330. The molecule has 0 amide bonds. The highest BCUT2D eigenvalue weighted by Crippen LogP contribution is 2.23. The zero-order valence-corrected chi connectivity index (χ0v) is 21.5. The van der Waals surface area contributed by atoms with Gasteiger partial charge in [0.1, 0.15) is 14.1 Å². The first kappa shape index (κ1) is 24.7. The zero-order valence-electron chi connectivity index (χ0n) is 21.5. The van der Waals surface area contributed by atoms with Crippen molar-refractivity contribution in [2.24, 2.45) is 0 Å². The van der Waals surface area contributed by atoms with E-state index in [-0.39, 0.29) is 0 Å². The maximum absolute atomic E-state index is 3.46. The normalized spacial score (nSPS) is 13.3. The number of anilines is 3. The predicted molar refractivity (Wildman–Crippen MR) is 157 cm³/mol. The van der Waals surface area contributed by atoms with Gasteiger partial charge in [0.2, 0.25) is 0 Å². The Morgan fingerprint density at radius 1 is 0.750 bits per heavy atom. The number of nitrogens with zero attached hydrogens (tertiary/aromatic N) is 2. The van der Waals surface area contributed by atoms with Gasteiger partial charge in [-0.05, 0) is 70.8 Å². The highest BCUT2D eigenvalue weighted by atomic mass is 15.1. The van der Waals surface area contributed by atoms with Gasteiger partial charge >= 0.3 is 0 Å². The molecule has 0 saturated carbocycles. The van der Waals surface area contributed by atoms with E-state index in [1.165, 1.54) is 22.5 Å². The second-order valence-corrected chi connectivity index (χ2v) is 9.16. The van der Waals surface area contributed by atoms with Crippen LogP contribution in [0.25, 0.3) is 11.6 Å². The first-order valence-electron chi connectivity index (χ1n) is 12.2. The minimum Gasteiger partial charge on any atom is -0.378 e. The van der Waals surface area contributed by atoms with Gasteiger partial charge in [0, 0.05) is 43.3 Å². The van der Waals surface area contributed by atoms with Crippen LogP contribution in [-0.2, 0) is 0 Å². The monoisotopic (exact) mass is 472 g/mol. The largest absolute Gasteiger partial charge is 0.378 e. The highest BCUT2D eigenvalue weighted by Gasteiger charge is 2.04. The minimum atomic E-state index is 1.07. The Balaban J connectivity index is 1.60. The molecule has 0 atom stereocenters. The summed E-state index contributed by atoms with van der Waals surface area (Å²) in [5.74, 6) is 0. The molecular formula is C33H34N3+. The lowest BCUT2D eigenvalue weighted by Crippen LogP contribution is -2.09. The first-order valence-corrected chi connectivity index (χ1v) is 12.2. The average Bonchev–Trinajstić information content (AvgIpc) is 2.90. The van der Waals surface area contributed by atoms with Crippen molar-refractivity contribution in [1.29, 1.82) is 0 Å². The second kappa shape index (κ2) is 11.9. The fourth-order valence-electron chi connectivity index (χ4n) is 3.82. The van der Waals surface area contributed by atoms with Crippen molar-refractivity contribution in [2.75, 3.05) is 38.4 Å². The van der Waals surface area contributed by atoms with Crippen molar-refractivity contribution in [2.45, 2.75) is 0 Å². The Hall–Kier alpha value is -4.37. The highest BCUT2D eigenvalue weighted by molar-refractivity contribution is 6.02. The molecule has 3 aromatic rings. The molecular weight excluding hydrogens is 438 g/mol. The third-order valence-electron chi connectivity index (χ3n) is 6.01. The van der Waals surface area contributed by atoms with Crippen molar-refractivity contribution >= 4 is 34.4 Å². The van der Waals surface area contributed by atoms with Gasteiger partial charge in [0.25, 0.3) is 0 Å². The van der Waals surface area contributed by atoms with Crippen LogP contribution in [0.3, 0.4) is 0 Å². The molecule has 0 spiro atoms. The summed E-state index contributed by atoms with van der Waals surface area (Å²) in [5.41, 5.74) is 9.18. The van der Waals surface area contributed by atoms with Crippen LogP contribution in [0.4, 0.5) is 17.1 Å². The summed E-state index contributed by atoms with van der Waals surface area (Å²) < 4.78 is 2.11. The van der Waals surface area contributed by atoms with E-state index in [4.69, 9.17) is 0 Å². The Labute approximate surface area is 215 Å². The van der Waals surface area contributed by atoms with Gasteiger partial charge in [-0.2, -0.15) is 0 Å². The third-order valence-corrected chi connectivity index (χ3v) is 6.01. The number of allylic oxidation sites excluding steroid dienone is 9. The molecule has 0 aromatic heterocycles. The van der Waals surface area contributed by atoms with Crippen LogP contribution in [0.15, 0.2) is 127 Å². The molecule has 1 N–H and O–H groups in total. The lowest BCUT2D eigenvalue weighted by molar-refractivity contribution is -0.462. The standard InChI is InChI=1S/C33H33N3/c1-35(2)32-22-12-26(13-23-32)10-16-28(17-11-27-14-24-33(25-15-27)36(3)4)29-18-20-31(21-19-29)34-30-8-6-5-7-9-30/h5-25H,1-4H3/p+1/b16-10+. The van der Waals surface area contributed by atoms with Gasteiger partial charge in [0.05, 0.1) is 0 Å². The second-order valence-electron chi connectivity index (χ2n) is 9.16. The maximum Gasteiger partial charge on any atom is 0.199 e. The van der Waals surface area contributed by atoms with Crippen LogP contribution in [0.1, 0.15) is 11.1 Å². The predicted octanol–water partition coefficient (Wildman–Crippen LogP) is 7.36. The van der Waals surface area contributed by atoms with Gasteiger partial charge in [-0.15, -0.1) is 0 Å². The van der Waals surface area contributed by atoms with Crippen LogP contribution in [0.5, 0.6) is 0 Å². The van der Waals surface area contributed by atoms with E-state index in [1.807, 2.05) is 18.2 Å². The molecule has 1 aliphatic rings. The van der Waals surface area contributed by atoms with Crippen molar-refractivity contribution in [3.63, 3.8) is 0 Å². The molecule has 1 aliphatic carbocycles. The van der Waals surface area contributed by atoms with E-state index in [0.717, 1.165) is 22.5 Å². The molecule has 0 fully saturated rings. The number of para-hydroxylation sites is 1. The van der Waals surface area contributed by atoms with E-state index in [0.29, 0.717) is 0 Å². The summed E-state index contributed by atoms with van der Waals surface area (Å²) in [6.45, 7) is 0. The fraction of sp³-hybridized carbons (Fsp3) is 0.121. The Morgan fingerprint density at radius 3 is 2.00 bits per heavy atom. The van der Waals surface area contributed by atoms with Crippen molar-refractivity contribution in [3.05, 3.63) is 138 Å². The molecule has 0 unspecified atom stereocenters.